The second kappa shape index (κ2) is 25.8. The largest absolute Gasteiger partial charge is 1.00 e. The molecule has 7 N–H and O–H groups in total. The van der Waals surface area contributed by atoms with Gasteiger partial charge in [-0.05, 0) is 148 Å². The smallest absolute Gasteiger partial charge is 0.543 e. The van der Waals surface area contributed by atoms with Crippen molar-refractivity contribution in [3.8, 4) is 11.5 Å². The summed E-state index contributed by atoms with van der Waals surface area (Å²) in [5, 5.41) is 81.3. The number of hydrogen-bond acceptors (Lipinski definition) is 21. The molecule has 464 valence electrons. The molecule has 2 spiro atoms. The minimum atomic E-state index is -2.38. The second-order valence-corrected chi connectivity index (χ2v) is 26.3. The minimum absolute atomic E-state index is 0. The monoisotopic (exact) mass is 1220 g/mol. The fourth-order valence-electron chi connectivity index (χ4n) is 17.9. The van der Waals surface area contributed by atoms with Crippen LogP contribution in [0.1, 0.15) is 123 Å². The number of nitrogens with one attached hydrogen (secondary N) is 2. The molecule has 2 amide bonds. The standard InChI is InChI=1S/C31H43NO10.C30H41NO11.2Na/c1-16-14-29(28(36)37,40-27(17(2)25(35)15-33)26(16)32-18(3)34)39-24-7-5-6-21(13-24)31(38-4)30(41-42-31)22-9-19-8-20(11-22)12-23(30)10-19;1-15-13-28(27(36)37,40-26(24(15)31-16(2)33)25(35)23(34)14-32)39-22-6-4-5-19(12-22)30(38-3)29(41-42-30)20-8-17-7-18(10-20)11-21(29)9-17;;/h5-7,13,16-17,19-20,22-23,25-27,33,35H,8-12,14-15H2,1-4H3,(H,32,34)(H,36,37);4-6,12,15,17-18,20-21,23-26,32,34-35H,7-11,13-14H2,1-3H3,(H,31,33)(H,36,37);;/q;;2*+1/p-2/t16?,17-,19?,20?,22?,23?,25-,26?,27?,29?,30?,31?;15?,17?,18?,20?,21?,23-,24?,25-,26?,28?,29?,30?;;/m11../s1. The average molecular weight is 1230 g/mol. The predicted molar refractivity (Wildman–Crippen MR) is 285 cm³/mol. The number of amides is 2. The van der Waals surface area contributed by atoms with E-state index in [2.05, 4.69) is 10.6 Å². The summed E-state index contributed by atoms with van der Waals surface area (Å²) in [6.45, 7) is 6.33. The van der Waals surface area contributed by atoms with Crippen molar-refractivity contribution in [3.63, 3.8) is 0 Å². The third-order valence-corrected chi connectivity index (χ3v) is 21.3. The zero-order valence-corrected chi connectivity index (χ0v) is 54.7. The molecule has 8 aliphatic carbocycles. The third kappa shape index (κ3) is 11.1. The van der Waals surface area contributed by atoms with Gasteiger partial charge in [0.1, 0.15) is 41.7 Å². The molecule has 8 saturated carbocycles. The van der Waals surface area contributed by atoms with Gasteiger partial charge < -0.3 is 84.4 Å². The molecule has 14 atom stereocenters. The maximum absolute atomic E-state index is 12.7. The molecular formula is C61H82N2Na2O21. The first-order valence-corrected chi connectivity index (χ1v) is 30.0. The van der Waals surface area contributed by atoms with Crippen LogP contribution in [0.25, 0.3) is 0 Å². The number of carboxylic acid groups (broad SMARTS) is 2. The summed E-state index contributed by atoms with van der Waals surface area (Å²) in [4.78, 5) is 73.1. The van der Waals surface area contributed by atoms with Crippen molar-refractivity contribution in [3.05, 3.63) is 59.7 Å². The van der Waals surface area contributed by atoms with Gasteiger partial charge in [-0.15, -0.1) is 0 Å². The van der Waals surface area contributed by atoms with Gasteiger partial charge in [0.15, 0.2) is 11.2 Å². The summed E-state index contributed by atoms with van der Waals surface area (Å²) in [7, 11) is 3.19. The first kappa shape index (κ1) is 67.8. The number of carbonyl (C=O) groups excluding carboxylic acids is 4. The Labute approximate surface area is 544 Å². The molecule has 4 saturated heterocycles. The zero-order valence-electron chi connectivity index (χ0n) is 50.7. The maximum Gasteiger partial charge on any atom is 1.00 e. The van der Waals surface area contributed by atoms with Crippen molar-refractivity contribution < 1.29 is 162 Å². The molecule has 12 fully saturated rings. The Morgan fingerprint density at radius 2 is 0.942 bits per heavy atom. The van der Waals surface area contributed by atoms with E-state index in [9.17, 15) is 54.9 Å². The van der Waals surface area contributed by atoms with E-state index in [1.54, 1.807) is 71.4 Å². The summed E-state index contributed by atoms with van der Waals surface area (Å²) in [5.74, 6) is -8.51. The first-order valence-electron chi connectivity index (χ1n) is 30.0. The van der Waals surface area contributed by atoms with Crippen LogP contribution < -0.4 is 89.4 Å². The van der Waals surface area contributed by atoms with Crippen LogP contribution in [0.15, 0.2) is 48.5 Å². The van der Waals surface area contributed by atoms with Gasteiger partial charge in [-0.25, -0.2) is 9.78 Å². The maximum atomic E-state index is 12.7. The van der Waals surface area contributed by atoms with Crippen LogP contribution in [0.3, 0.4) is 0 Å². The van der Waals surface area contributed by atoms with E-state index in [-0.39, 0.29) is 101 Å². The molecule has 2 aromatic rings. The van der Waals surface area contributed by atoms with E-state index >= 15 is 0 Å². The minimum Gasteiger partial charge on any atom is -0.543 e. The van der Waals surface area contributed by atoms with Crippen LogP contribution >= 0.6 is 0 Å². The van der Waals surface area contributed by atoms with Crippen molar-refractivity contribution in [1.29, 1.82) is 0 Å². The van der Waals surface area contributed by atoms with E-state index in [1.165, 1.54) is 26.7 Å². The number of aliphatic hydroxyl groups excluding tert-OH is 5. The fraction of sp³-hybridized carbons (Fsp3) is 0.738. The number of carbonyl (C=O) groups is 4. The number of aliphatic hydroxyl groups is 5. The molecule has 23 nitrogen and oxygen atoms in total. The Bertz CT molecular complexity index is 2550. The van der Waals surface area contributed by atoms with E-state index in [0.29, 0.717) is 46.6 Å². The molecule has 4 heterocycles. The molecule has 10 unspecified atom stereocenters. The molecular weight excluding hydrogens is 1140 g/mol. The van der Waals surface area contributed by atoms with E-state index < -0.39 is 126 Å². The molecule has 12 aliphatic rings. The summed E-state index contributed by atoms with van der Waals surface area (Å²) >= 11 is 0. The van der Waals surface area contributed by atoms with Crippen LogP contribution in [0.5, 0.6) is 11.5 Å². The number of benzene rings is 2. The summed E-state index contributed by atoms with van der Waals surface area (Å²) in [6, 6.07) is 12.2. The van der Waals surface area contributed by atoms with Crippen LogP contribution in [-0.2, 0) is 69.3 Å². The number of ether oxygens (including phenoxy) is 6. The number of carboxylic acids is 2. The van der Waals surface area contributed by atoms with Gasteiger partial charge in [0, 0.05) is 58.0 Å². The molecule has 86 heavy (non-hydrogen) atoms. The number of methoxy groups -OCH3 is 2. The first-order chi connectivity index (χ1) is 40.0. The normalized spacial score (nSPS) is 42.4. The van der Waals surface area contributed by atoms with Gasteiger partial charge in [0.25, 0.3) is 23.1 Å². The Balaban J connectivity index is 0.000000201. The van der Waals surface area contributed by atoms with E-state index in [0.717, 1.165) is 51.4 Å². The predicted octanol–water partition coefficient (Wildman–Crippen LogP) is -4.49. The quantitative estimate of drug-likeness (QED) is 0.0547. The van der Waals surface area contributed by atoms with Crippen LogP contribution in [-0.4, -0.2) is 142 Å². The van der Waals surface area contributed by atoms with Gasteiger partial charge in [-0.3, -0.25) is 9.59 Å². The molecule has 25 heteroatoms. The van der Waals surface area contributed by atoms with Crippen LogP contribution in [0.2, 0.25) is 0 Å². The second-order valence-electron chi connectivity index (χ2n) is 26.3. The van der Waals surface area contributed by atoms with Crippen LogP contribution in [0, 0.1) is 65.1 Å². The Kier molecular flexibility index (Phi) is 20.4. The Morgan fingerprint density at radius 1 is 0.581 bits per heavy atom. The number of hydrogen-bond donors (Lipinski definition) is 7. The van der Waals surface area contributed by atoms with E-state index in [4.69, 9.17) is 48.0 Å². The molecule has 2 aromatic carbocycles. The van der Waals surface area contributed by atoms with Crippen molar-refractivity contribution in [1.82, 2.24) is 10.6 Å². The molecule has 0 aromatic heterocycles. The SMILES string of the molecule is COC1(c2cccc(OC3(C(=O)[O-])CC(C)C(NC(C)=O)C([C@H](C)[C@H](O)CO)O3)c2)OOC12C1CC3CC(C1)CC2C3.COC1(c2cccc(OC3(C(=O)[O-])CC(C)C(NC(C)=O)C([C@H](O)[C@H](O)CO)O3)c2)OOC12C1CC3CC(C1)CC2C3.[Na+].[Na+]. The Hall–Kier alpha value is -2.60. The van der Waals surface area contributed by atoms with Gasteiger partial charge in [-0.2, -0.15) is 9.78 Å². The summed E-state index contributed by atoms with van der Waals surface area (Å²) < 4.78 is 36.5. The van der Waals surface area contributed by atoms with Gasteiger partial charge in [-0.1, -0.05) is 45.0 Å². The van der Waals surface area contributed by atoms with Gasteiger partial charge in [0.05, 0.1) is 37.5 Å². The van der Waals surface area contributed by atoms with Crippen molar-refractivity contribution in [2.45, 2.75) is 189 Å². The summed E-state index contributed by atoms with van der Waals surface area (Å²) in [6.07, 6.45) is 3.65. The van der Waals surface area contributed by atoms with E-state index in [1.807, 2.05) is 12.1 Å². The molecule has 14 rings (SSSR count). The van der Waals surface area contributed by atoms with Crippen molar-refractivity contribution in [2.24, 2.45) is 65.1 Å². The number of aliphatic carboxylic acids is 2. The third-order valence-electron chi connectivity index (χ3n) is 21.3. The number of rotatable bonds is 18. The van der Waals surface area contributed by atoms with Gasteiger partial charge in [0.2, 0.25) is 11.8 Å². The zero-order chi connectivity index (χ0) is 60.1. The van der Waals surface area contributed by atoms with Crippen molar-refractivity contribution in [2.75, 3.05) is 27.4 Å². The van der Waals surface area contributed by atoms with Gasteiger partial charge >= 0.3 is 59.1 Å². The topological polar surface area (TPSA) is 332 Å². The summed E-state index contributed by atoms with van der Waals surface area (Å²) in [5.41, 5.74) is -0.00335. The molecule has 4 aliphatic heterocycles. The Morgan fingerprint density at radius 3 is 1.26 bits per heavy atom. The molecule has 0 radical (unpaired) electrons. The van der Waals surface area contributed by atoms with Crippen molar-refractivity contribution >= 4 is 23.8 Å². The molecule has 8 bridgehead atoms. The average Bonchev–Trinajstić information content (AvgIpc) is 0.681. The fourth-order valence-corrected chi connectivity index (χ4v) is 17.9. The van der Waals surface area contributed by atoms with Crippen LogP contribution in [0.4, 0.5) is 0 Å².